The highest BCUT2D eigenvalue weighted by Gasteiger charge is 2.32. The third-order valence-corrected chi connectivity index (χ3v) is 5.37. The Hall–Kier alpha value is -2.48. The number of para-hydroxylation sites is 2. The summed E-state index contributed by atoms with van der Waals surface area (Å²) >= 11 is 0. The Morgan fingerprint density at radius 1 is 1.30 bits per heavy atom. The fourth-order valence-corrected chi connectivity index (χ4v) is 4.06. The smallest absolute Gasteiger partial charge is 0.268 e. The van der Waals surface area contributed by atoms with Crippen LogP contribution in [-0.4, -0.2) is 28.7 Å². The highest BCUT2D eigenvalue weighted by Crippen LogP contribution is 2.38. The average Bonchev–Trinajstić information content (AvgIpc) is 2.56. The predicted octanol–water partition coefficient (Wildman–Crippen LogP) is 2.00. The van der Waals surface area contributed by atoms with Crippen molar-refractivity contribution in [3.8, 4) is 11.5 Å². The van der Waals surface area contributed by atoms with Gasteiger partial charge in [-0.25, -0.2) is 12.8 Å². The number of hydrogen-bond donors (Lipinski definition) is 1. The first-order valence-electron chi connectivity index (χ1n) is 6.82. The monoisotopic (exact) mass is 338 g/mol. The lowest BCUT2D eigenvalue weighted by Crippen LogP contribution is -2.38. The molecule has 0 aromatic heterocycles. The average molecular weight is 338 g/mol. The molecule has 1 aliphatic heterocycles. The fourth-order valence-electron chi connectivity index (χ4n) is 2.42. The number of rotatable bonds is 3. The molecule has 0 radical (unpaired) electrons. The van der Waals surface area contributed by atoms with E-state index >= 15 is 0 Å². The number of nitrogens with zero attached hydrogens (tertiary/aromatic N) is 1. The van der Waals surface area contributed by atoms with Crippen molar-refractivity contribution >= 4 is 21.4 Å². The van der Waals surface area contributed by atoms with E-state index in [0.717, 1.165) is 12.1 Å². The zero-order valence-electron chi connectivity index (χ0n) is 12.3. The normalized spacial score (nSPS) is 14.1. The summed E-state index contributed by atoms with van der Waals surface area (Å²) in [5.74, 6) is -0.361. The van der Waals surface area contributed by atoms with E-state index in [1.165, 1.54) is 11.4 Å². The molecule has 122 valence electrons. The minimum absolute atomic E-state index is 0.0966. The molecule has 0 amide bonds. The van der Waals surface area contributed by atoms with Gasteiger partial charge in [-0.05, 0) is 18.2 Å². The number of benzene rings is 2. The van der Waals surface area contributed by atoms with Gasteiger partial charge >= 0.3 is 0 Å². The Labute approximate surface area is 133 Å². The molecule has 1 aliphatic rings. The lowest BCUT2D eigenvalue weighted by molar-refractivity contribution is 0.315. The number of nitrogens with two attached hydrogens (primary N) is 1. The summed E-state index contributed by atoms with van der Waals surface area (Å²) in [6.07, 6.45) is 0. The summed E-state index contributed by atoms with van der Waals surface area (Å²) in [5, 5.41) is 0. The summed E-state index contributed by atoms with van der Waals surface area (Å²) in [5.41, 5.74) is 5.69. The van der Waals surface area contributed by atoms with E-state index in [1.54, 1.807) is 24.3 Å². The van der Waals surface area contributed by atoms with Crippen molar-refractivity contribution in [1.82, 2.24) is 0 Å². The summed E-state index contributed by atoms with van der Waals surface area (Å²) in [4.78, 5) is -0.185. The number of hydrogen-bond acceptors (Lipinski definition) is 5. The summed E-state index contributed by atoms with van der Waals surface area (Å²) in [6, 6.07) is 8.84. The number of methoxy groups -OCH3 is 1. The summed E-state index contributed by atoms with van der Waals surface area (Å²) < 4.78 is 51.3. The van der Waals surface area contributed by atoms with Crippen LogP contribution in [0, 0.1) is 5.82 Å². The molecule has 23 heavy (non-hydrogen) atoms. The largest absolute Gasteiger partial charge is 0.495 e. The Morgan fingerprint density at radius 3 is 2.78 bits per heavy atom. The van der Waals surface area contributed by atoms with Crippen molar-refractivity contribution in [2.24, 2.45) is 0 Å². The topological polar surface area (TPSA) is 81.9 Å². The maximum atomic E-state index is 13.6. The zero-order chi connectivity index (χ0) is 16.6. The van der Waals surface area contributed by atoms with Crippen LogP contribution in [0.4, 0.5) is 15.8 Å². The van der Waals surface area contributed by atoms with E-state index < -0.39 is 15.8 Å². The van der Waals surface area contributed by atoms with Crippen LogP contribution in [0.3, 0.4) is 0 Å². The lowest BCUT2D eigenvalue weighted by atomic mass is 10.2. The lowest BCUT2D eigenvalue weighted by Gasteiger charge is -2.30. The van der Waals surface area contributed by atoms with Crippen LogP contribution < -0.4 is 19.5 Å². The molecule has 3 rings (SSSR count). The minimum atomic E-state index is -3.98. The van der Waals surface area contributed by atoms with Crippen molar-refractivity contribution in [1.29, 1.82) is 0 Å². The number of ether oxygens (including phenoxy) is 2. The maximum absolute atomic E-state index is 13.6. The first-order valence-corrected chi connectivity index (χ1v) is 8.26. The molecule has 0 aliphatic carbocycles. The van der Waals surface area contributed by atoms with Gasteiger partial charge in [-0.2, -0.15) is 0 Å². The van der Waals surface area contributed by atoms with Gasteiger partial charge in [0.25, 0.3) is 10.0 Å². The van der Waals surface area contributed by atoms with E-state index in [1.807, 2.05) is 0 Å². The molecule has 8 heteroatoms. The molecule has 2 aromatic rings. The van der Waals surface area contributed by atoms with Crippen LogP contribution in [0.25, 0.3) is 0 Å². The maximum Gasteiger partial charge on any atom is 0.268 e. The van der Waals surface area contributed by atoms with Gasteiger partial charge in [0.1, 0.15) is 28.8 Å². The first kappa shape index (κ1) is 15.4. The molecule has 0 unspecified atom stereocenters. The van der Waals surface area contributed by atoms with E-state index in [-0.39, 0.29) is 29.5 Å². The first-order chi connectivity index (χ1) is 10.9. The van der Waals surface area contributed by atoms with Crippen LogP contribution in [0.1, 0.15) is 0 Å². The third kappa shape index (κ3) is 2.55. The van der Waals surface area contributed by atoms with Crippen molar-refractivity contribution in [3.05, 3.63) is 42.2 Å². The molecule has 0 atom stereocenters. The van der Waals surface area contributed by atoms with Crippen molar-refractivity contribution in [2.45, 2.75) is 4.90 Å². The number of fused-ring (bicyclic) bond motifs is 1. The van der Waals surface area contributed by atoms with Gasteiger partial charge in [0.2, 0.25) is 0 Å². The molecule has 0 saturated carbocycles. The molecular formula is C15H15FN2O4S. The van der Waals surface area contributed by atoms with Gasteiger partial charge < -0.3 is 15.2 Å². The van der Waals surface area contributed by atoms with Gasteiger partial charge in [-0.15, -0.1) is 0 Å². The van der Waals surface area contributed by atoms with Crippen molar-refractivity contribution in [3.63, 3.8) is 0 Å². The number of nitrogen functional groups attached to an aromatic ring is 1. The molecule has 0 spiro atoms. The molecule has 0 saturated heterocycles. The van der Waals surface area contributed by atoms with Crippen LogP contribution in [-0.2, 0) is 10.0 Å². The van der Waals surface area contributed by atoms with Crippen LogP contribution >= 0.6 is 0 Å². The molecule has 0 bridgehead atoms. The van der Waals surface area contributed by atoms with E-state index in [2.05, 4.69) is 0 Å². The Balaban J connectivity index is 2.16. The van der Waals surface area contributed by atoms with E-state index in [0.29, 0.717) is 11.4 Å². The second-order valence-electron chi connectivity index (χ2n) is 4.92. The van der Waals surface area contributed by atoms with Gasteiger partial charge in [-0.1, -0.05) is 12.1 Å². The number of sulfonamides is 1. The van der Waals surface area contributed by atoms with Crippen LogP contribution in [0.5, 0.6) is 11.5 Å². The van der Waals surface area contributed by atoms with Crippen LogP contribution in [0.2, 0.25) is 0 Å². The van der Waals surface area contributed by atoms with Gasteiger partial charge in [-0.3, -0.25) is 4.31 Å². The second kappa shape index (κ2) is 5.62. The number of halogens is 1. The Kier molecular flexibility index (Phi) is 3.77. The minimum Gasteiger partial charge on any atom is -0.495 e. The zero-order valence-corrected chi connectivity index (χ0v) is 13.1. The standard InChI is InChI=1S/C15H15FN2O4S/c1-21-14-8-10(16)11(17)9-15(14)23(19,20)18-6-7-22-13-5-3-2-4-12(13)18/h2-5,8-9H,6-7,17H2,1H3. The Bertz CT molecular complexity index is 855. The third-order valence-electron chi connectivity index (χ3n) is 3.54. The van der Waals surface area contributed by atoms with Crippen LogP contribution in [0.15, 0.2) is 41.3 Å². The molecule has 0 fully saturated rings. The highest BCUT2D eigenvalue weighted by molar-refractivity contribution is 7.93. The quantitative estimate of drug-likeness (QED) is 0.866. The predicted molar refractivity (Wildman–Crippen MR) is 83.8 cm³/mol. The SMILES string of the molecule is COc1cc(F)c(N)cc1S(=O)(=O)N1CCOc2ccccc21. The molecule has 6 nitrogen and oxygen atoms in total. The van der Waals surface area contributed by atoms with Crippen molar-refractivity contribution < 1.29 is 22.3 Å². The molecule has 2 N–H and O–H groups in total. The molecule has 1 heterocycles. The second-order valence-corrected chi connectivity index (χ2v) is 6.75. The number of anilines is 2. The van der Waals surface area contributed by atoms with E-state index in [4.69, 9.17) is 15.2 Å². The van der Waals surface area contributed by atoms with Gasteiger partial charge in [0.05, 0.1) is 25.0 Å². The van der Waals surface area contributed by atoms with Gasteiger partial charge in [0, 0.05) is 6.07 Å². The summed E-state index contributed by atoms with van der Waals surface area (Å²) in [6.45, 7) is 0.356. The van der Waals surface area contributed by atoms with E-state index in [9.17, 15) is 12.8 Å². The van der Waals surface area contributed by atoms with Crippen molar-refractivity contribution in [2.75, 3.05) is 30.3 Å². The Morgan fingerprint density at radius 2 is 2.04 bits per heavy atom. The summed E-state index contributed by atoms with van der Waals surface area (Å²) in [7, 11) is -2.70. The fraction of sp³-hybridized carbons (Fsp3) is 0.200. The molecular weight excluding hydrogens is 323 g/mol. The highest BCUT2D eigenvalue weighted by atomic mass is 32.2. The van der Waals surface area contributed by atoms with Gasteiger partial charge in [0.15, 0.2) is 0 Å². The molecule has 2 aromatic carbocycles.